The topological polar surface area (TPSA) is 43.8 Å². The molecule has 3 nitrogen and oxygen atoms in total. The first-order valence-corrected chi connectivity index (χ1v) is 4.60. The van der Waals surface area contributed by atoms with Crippen molar-refractivity contribution in [2.75, 3.05) is 5.73 Å². The number of benzene rings is 1. The summed E-state index contributed by atoms with van der Waals surface area (Å²) >= 11 is 5.88. The summed E-state index contributed by atoms with van der Waals surface area (Å²) in [6.45, 7) is 1.93. The summed E-state index contributed by atoms with van der Waals surface area (Å²) < 4.78 is 1.86. The highest BCUT2D eigenvalue weighted by atomic mass is 35.5. The highest BCUT2D eigenvalue weighted by Gasteiger charge is 2.02. The maximum Gasteiger partial charge on any atom is 0.0995 e. The van der Waals surface area contributed by atoms with Crippen molar-refractivity contribution < 1.29 is 0 Å². The summed E-state index contributed by atoms with van der Waals surface area (Å²) in [5, 5.41) is 0.667. The number of rotatable bonds is 1. The third-order valence-corrected chi connectivity index (χ3v) is 2.22. The van der Waals surface area contributed by atoms with Crippen LogP contribution < -0.4 is 5.73 Å². The van der Waals surface area contributed by atoms with Gasteiger partial charge < -0.3 is 10.3 Å². The van der Waals surface area contributed by atoms with Gasteiger partial charge in [-0.25, -0.2) is 4.98 Å². The highest BCUT2D eigenvalue weighted by molar-refractivity contribution is 6.30. The smallest absolute Gasteiger partial charge is 0.0995 e. The highest BCUT2D eigenvalue weighted by Crippen LogP contribution is 2.21. The fourth-order valence-corrected chi connectivity index (χ4v) is 1.46. The number of nitrogens with zero attached hydrogens (tertiary/aromatic N) is 2. The summed E-state index contributed by atoms with van der Waals surface area (Å²) in [5.41, 5.74) is 8.32. The van der Waals surface area contributed by atoms with Gasteiger partial charge in [0.25, 0.3) is 0 Å². The zero-order valence-electron chi connectivity index (χ0n) is 7.74. The van der Waals surface area contributed by atoms with Crippen LogP contribution in [0, 0.1) is 6.92 Å². The Labute approximate surface area is 87.1 Å². The molecule has 0 spiro atoms. The molecule has 0 aliphatic heterocycles. The van der Waals surface area contributed by atoms with Crippen LogP contribution in [0.25, 0.3) is 5.69 Å². The van der Waals surface area contributed by atoms with E-state index in [0.29, 0.717) is 10.7 Å². The average Bonchev–Trinajstić information content (AvgIpc) is 2.56. The third kappa shape index (κ3) is 1.59. The maximum absolute atomic E-state index is 5.88. The van der Waals surface area contributed by atoms with E-state index in [-0.39, 0.29) is 0 Å². The Morgan fingerprint density at radius 2 is 2.21 bits per heavy atom. The van der Waals surface area contributed by atoms with Gasteiger partial charge in [0.2, 0.25) is 0 Å². The predicted octanol–water partition coefficient (Wildman–Crippen LogP) is 2.42. The van der Waals surface area contributed by atoms with E-state index in [9.17, 15) is 0 Å². The summed E-state index contributed by atoms with van der Waals surface area (Å²) in [6.07, 6.45) is 3.62. The van der Waals surface area contributed by atoms with Crippen molar-refractivity contribution >= 4 is 17.3 Å². The predicted molar refractivity (Wildman–Crippen MR) is 57.7 cm³/mol. The lowest BCUT2D eigenvalue weighted by atomic mass is 10.2. The Morgan fingerprint density at radius 3 is 2.86 bits per heavy atom. The number of hydrogen-bond donors (Lipinski definition) is 1. The summed E-state index contributed by atoms with van der Waals surface area (Å²) in [6, 6.07) is 5.37. The lowest BCUT2D eigenvalue weighted by molar-refractivity contribution is 1.06. The van der Waals surface area contributed by atoms with Crippen LogP contribution in [0.5, 0.6) is 0 Å². The van der Waals surface area contributed by atoms with Crippen LogP contribution in [0.4, 0.5) is 5.69 Å². The number of nitrogen functional groups attached to an aromatic ring is 1. The van der Waals surface area contributed by atoms with Gasteiger partial charge in [-0.05, 0) is 25.1 Å². The van der Waals surface area contributed by atoms with E-state index in [4.69, 9.17) is 17.3 Å². The Hall–Kier alpha value is -1.48. The lowest BCUT2D eigenvalue weighted by Crippen LogP contribution is -1.96. The van der Waals surface area contributed by atoms with Gasteiger partial charge in [-0.1, -0.05) is 11.6 Å². The Kier molecular flexibility index (Phi) is 2.17. The molecular weight excluding hydrogens is 198 g/mol. The van der Waals surface area contributed by atoms with E-state index in [1.807, 2.05) is 23.8 Å². The molecule has 2 rings (SSSR count). The van der Waals surface area contributed by atoms with Crippen LogP contribution in [-0.4, -0.2) is 9.55 Å². The first-order valence-electron chi connectivity index (χ1n) is 4.23. The molecule has 0 bridgehead atoms. The molecular formula is C10H10ClN3. The number of halogens is 1. The minimum atomic E-state index is 0.667. The molecule has 0 aliphatic rings. The molecule has 0 atom stereocenters. The number of nitrogens with two attached hydrogens (primary N) is 1. The molecule has 72 valence electrons. The Morgan fingerprint density at radius 1 is 1.43 bits per heavy atom. The molecule has 0 saturated heterocycles. The lowest BCUT2D eigenvalue weighted by Gasteiger charge is -2.05. The SMILES string of the molecule is Cc1cn(-c2cc(Cl)ccc2N)cn1. The molecule has 1 aromatic heterocycles. The van der Waals surface area contributed by atoms with Gasteiger partial charge in [-0.15, -0.1) is 0 Å². The number of aromatic nitrogens is 2. The van der Waals surface area contributed by atoms with E-state index in [2.05, 4.69) is 4.98 Å². The van der Waals surface area contributed by atoms with Gasteiger partial charge in [-0.2, -0.15) is 0 Å². The number of aryl methyl sites for hydroxylation is 1. The number of imidazole rings is 1. The fraction of sp³-hybridized carbons (Fsp3) is 0.100. The summed E-state index contributed by atoms with van der Waals surface area (Å²) in [5.74, 6) is 0. The molecule has 4 heteroatoms. The summed E-state index contributed by atoms with van der Waals surface area (Å²) in [4.78, 5) is 4.13. The molecule has 0 amide bonds. The first kappa shape index (κ1) is 9.09. The zero-order chi connectivity index (χ0) is 10.1. The van der Waals surface area contributed by atoms with Crippen LogP contribution >= 0.6 is 11.6 Å². The van der Waals surface area contributed by atoms with Crippen LogP contribution in [0.3, 0.4) is 0 Å². The standard InChI is InChI=1S/C10H10ClN3/c1-7-5-14(6-13-7)10-4-8(11)2-3-9(10)12/h2-6H,12H2,1H3. The van der Waals surface area contributed by atoms with E-state index in [0.717, 1.165) is 11.4 Å². The van der Waals surface area contributed by atoms with Gasteiger partial charge >= 0.3 is 0 Å². The van der Waals surface area contributed by atoms with E-state index in [1.54, 1.807) is 18.5 Å². The molecule has 0 fully saturated rings. The first-order chi connectivity index (χ1) is 6.66. The second-order valence-electron chi connectivity index (χ2n) is 3.13. The number of anilines is 1. The largest absolute Gasteiger partial charge is 0.397 e. The van der Waals surface area contributed by atoms with E-state index in [1.165, 1.54) is 0 Å². The quantitative estimate of drug-likeness (QED) is 0.730. The van der Waals surface area contributed by atoms with Crippen molar-refractivity contribution in [3.8, 4) is 5.69 Å². The monoisotopic (exact) mass is 207 g/mol. The minimum Gasteiger partial charge on any atom is -0.397 e. The molecule has 2 N–H and O–H groups in total. The fourth-order valence-electron chi connectivity index (χ4n) is 1.29. The van der Waals surface area contributed by atoms with Crippen molar-refractivity contribution in [2.45, 2.75) is 6.92 Å². The van der Waals surface area contributed by atoms with Crippen molar-refractivity contribution in [2.24, 2.45) is 0 Å². The molecule has 0 unspecified atom stereocenters. The second kappa shape index (κ2) is 3.35. The third-order valence-electron chi connectivity index (χ3n) is 1.98. The van der Waals surface area contributed by atoms with Gasteiger partial charge in [0.05, 0.1) is 23.4 Å². The average molecular weight is 208 g/mol. The van der Waals surface area contributed by atoms with Gasteiger partial charge in [0, 0.05) is 11.2 Å². The Balaban J connectivity index is 2.55. The van der Waals surface area contributed by atoms with Crippen molar-refractivity contribution in [3.63, 3.8) is 0 Å². The van der Waals surface area contributed by atoms with Gasteiger partial charge in [0.1, 0.15) is 0 Å². The molecule has 1 aromatic carbocycles. The molecule has 2 aromatic rings. The van der Waals surface area contributed by atoms with Gasteiger partial charge in [0.15, 0.2) is 0 Å². The molecule has 0 aliphatic carbocycles. The van der Waals surface area contributed by atoms with Gasteiger partial charge in [-0.3, -0.25) is 0 Å². The zero-order valence-corrected chi connectivity index (χ0v) is 8.49. The van der Waals surface area contributed by atoms with E-state index < -0.39 is 0 Å². The molecule has 14 heavy (non-hydrogen) atoms. The number of hydrogen-bond acceptors (Lipinski definition) is 2. The normalized spacial score (nSPS) is 10.4. The van der Waals surface area contributed by atoms with Crippen molar-refractivity contribution in [1.29, 1.82) is 0 Å². The van der Waals surface area contributed by atoms with Crippen LogP contribution in [0.1, 0.15) is 5.69 Å². The second-order valence-corrected chi connectivity index (χ2v) is 3.56. The molecule has 1 heterocycles. The minimum absolute atomic E-state index is 0.667. The molecule has 0 saturated carbocycles. The summed E-state index contributed by atoms with van der Waals surface area (Å²) in [7, 11) is 0. The van der Waals surface area contributed by atoms with Crippen LogP contribution in [0.15, 0.2) is 30.7 Å². The Bertz CT molecular complexity index is 462. The maximum atomic E-state index is 5.88. The van der Waals surface area contributed by atoms with E-state index >= 15 is 0 Å². The van der Waals surface area contributed by atoms with Crippen LogP contribution in [0.2, 0.25) is 5.02 Å². The molecule has 0 radical (unpaired) electrons. The van der Waals surface area contributed by atoms with Crippen LogP contribution in [-0.2, 0) is 0 Å². The van der Waals surface area contributed by atoms with Crippen molar-refractivity contribution in [3.05, 3.63) is 41.4 Å². The van der Waals surface area contributed by atoms with Crippen molar-refractivity contribution in [1.82, 2.24) is 9.55 Å².